The highest BCUT2D eigenvalue weighted by molar-refractivity contribution is 14.1. The quantitative estimate of drug-likeness (QED) is 0.507. The van der Waals surface area contributed by atoms with Gasteiger partial charge in [-0.3, -0.25) is 4.79 Å². The molecule has 2 rings (SSSR count). The highest BCUT2D eigenvalue weighted by atomic mass is 127. The summed E-state index contributed by atoms with van der Waals surface area (Å²) in [5.74, 6) is 0.934. The molecule has 6 heteroatoms. The lowest BCUT2D eigenvalue weighted by molar-refractivity contribution is 0.112. The van der Waals surface area contributed by atoms with E-state index in [0.29, 0.717) is 17.9 Å². The average Bonchev–Trinajstić information content (AvgIpc) is 2.28. The number of aromatic nitrogens is 2. The number of benzene rings is 1. The molecule has 0 bridgehead atoms. The fraction of sp³-hybridized carbons (Fsp3) is 0.0833. The van der Waals surface area contributed by atoms with E-state index in [0.717, 1.165) is 9.26 Å². The first-order valence-electron chi connectivity index (χ1n) is 5.12. The molecule has 1 aromatic carbocycles. The van der Waals surface area contributed by atoms with E-state index in [1.807, 2.05) is 24.3 Å². The molecule has 0 aliphatic rings. The van der Waals surface area contributed by atoms with Crippen LogP contribution in [0.2, 0.25) is 5.15 Å². The van der Waals surface area contributed by atoms with Gasteiger partial charge in [-0.2, -0.15) is 0 Å². The van der Waals surface area contributed by atoms with Crippen molar-refractivity contribution in [3.63, 3.8) is 0 Å². The predicted octanol–water partition coefficient (Wildman–Crippen LogP) is 3.60. The lowest BCUT2D eigenvalue weighted by Crippen LogP contribution is -2.03. The second kappa shape index (κ2) is 5.62. The maximum atomic E-state index is 11.0. The van der Waals surface area contributed by atoms with Crippen molar-refractivity contribution in [2.45, 2.75) is 6.92 Å². The normalized spacial score (nSPS) is 10.2. The van der Waals surface area contributed by atoms with Crippen molar-refractivity contribution < 1.29 is 4.79 Å². The van der Waals surface area contributed by atoms with Crippen LogP contribution in [0.1, 0.15) is 16.2 Å². The standard InChI is InChI=1S/C12H9ClIN3O/c1-7-15-11(13)10(6-18)12(16-7)17-9-4-2-3-8(14)5-9/h2-6H,1H3,(H,15,16,17). The Morgan fingerprint density at radius 3 is 2.83 bits per heavy atom. The molecule has 0 saturated carbocycles. The topological polar surface area (TPSA) is 54.9 Å². The first-order valence-corrected chi connectivity index (χ1v) is 6.57. The Morgan fingerprint density at radius 2 is 2.17 bits per heavy atom. The number of anilines is 2. The number of nitrogens with zero attached hydrogens (tertiary/aromatic N) is 2. The van der Waals surface area contributed by atoms with E-state index in [1.54, 1.807) is 6.92 Å². The molecule has 0 amide bonds. The fourth-order valence-electron chi connectivity index (χ4n) is 1.45. The minimum atomic E-state index is 0.158. The van der Waals surface area contributed by atoms with E-state index in [4.69, 9.17) is 11.6 Å². The predicted molar refractivity (Wildman–Crippen MR) is 79.6 cm³/mol. The number of carbonyl (C=O) groups excluding carboxylic acids is 1. The monoisotopic (exact) mass is 373 g/mol. The summed E-state index contributed by atoms with van der Waals surface area (Å²) in [5, 5.41) is 3.23. The van der Waals surface area contributed by atoms with Crippen LogP contribution in [0.3, 0.4) is 0 Å². The van der Waals surface area contributed by atoms with Gasteiger partial charge in [-0.05, 0) is 47.7 Å². The van der Waals surface area contributed by atoms with E-state index in [1.165, 1.54) is 0 Å². The Bertz CT molecular complexity index is 604. The van der Waals surface area contributed by atoms with Crippen LogP contribution in [0, 0.1) is 10.5 Å². The van der Waals surface area contributed by atoms with E-state index in [2.05, 4.69) is 37.9 Å². The van der Waals surface area contributed by atoms with Gasteiger partial charge in [0.15, 0.2) is 6.29 Å². The Kier molecular flexibility index (Phi) is 4.13. The van der Waals surface area contributed by atoms with Gasteiger partial charge >= 0.3 is 0 Å². The molecule has 1 N–H and O–H groups in total. The summed E-state index contributed by atoms with van der Waals surface area (Å²) in [6, 6.07) is 7.73. The molecule has 0 fully saturated rings. The largest absolute Gasteiger partial charge is 0.339 e. The van der Waals surface area contributed by atoms with Gasteiger partial charge < -0.3 is 5.32 Å². The van der Waals surface area contributed by atoms with Gasteiger partial charge in [0.25, 0.3) is 0 Å². The number of carbonyl (C=O) groups is 1. The Hall–Kier alpha value is -1.21. The number of halogens is 2. The number of aryl methyl sites for hydroxylation is 1. The second-order valence-electron chi connectivity index (χ2n) is 3.58. The van der Waals surface area contributed by atoms with E-state index < -0.39 is 0 Å². The van der Waals surface area contributed by atoms with Crippen LogP contribution < -0.4 is 5.32 Å². The SMILES string of the molecule is Cc1nc(Cl)c(C=O)c(Nc2cccc(I)c2)n1. The fourth-order valence-corrected chi connectivity index (χ4v) is 2.25. The van der Waals surface area contributed by atoms with Crippen molar-refractivity contribution in [1.29, 1.82) is 0 Å². The molecule has 0 aliphatic heterocycles. The molecule has 0 unspecified atom stereocenters. The average molecular weight is 374 g/mol. The van der Waals surface area contributed by atoms with E-state index in [9.17, 15) is 4.79 Å². The van der Waals surface area contributed by atoms with Crippen LogP contribution in [0.15, 0.2) is 24.3 Å². The molecule has 4 nitrogen and oxygen atoms in total. The van der Waals surface area contributed by atoms with Crippen molar-refractivity contribution in [3.05, 3.63) is 44.4 Å². The van der Waals surface area contributed by atoms with Crippen LogP contribution in [0.5, 0.6) is 0 Å². The summed E-state index contributed by atoms with van der Waals surface area (Å²) in [5.41, 5.74) is 1.11. The molecule has 0 aliphatic carbocycles. The molecule has 0 radical (unpaired) electrons. The maximum absolute atomic E-state index is 11.0. The van der Waals surface area contributed by atoms with Crippen LogP contribution in [0.25, 0.3) is 0 Å². The summed E-state index contributed by atoms with van der Waals surface area (Å²) in [6.45, 7) is 1.72. The zero-order valence-corrected chi connectivity index (χ0v) is 12.4. The highest BCUT2D eigenvalue weighted by Gasteiger charge is 2.11. The smallest absolute Gasteiger partial charge is 0.156 e. The lowest BCUT2D eigenvalue weighted by atomic mass is 10.3. The van der Waals surface area contributed by atoms with Gasteiger partial charge in [-0.25, -0.2) is 9.97 Å². The van der Waals surface area contributed by atoms with Gasteiger partial charge in [0, 0.05) is 9.26 Å². The minimum Gasteiger partial charge on any atom is -0.339 e. The van der Waals surface area contributed by atoms with Gasteiger partial charge in [0.2, 0.25) is 0 Å². The molecule has 0 saturated heterocycles. The number of hydrogen-bond donors (Lipinski definition) is 1. The summed E-state index contributed by atoms with van der Waals surface area (Å²) in [4.78, 5) is 19.1. The minimum absolute atomic E-state index is 0.158. The van der Waals surface area contributed by atoms with Gasteiger partial charge in [-0.1, -0.05) is 17.7 Å². The van der Waals surface area contributed by atoms with Crippen molar-refractivity contribution in [3.8, 4) is 0 Å². The summed E-state index contributed by atoms with van der Waals surface area (Å²) < 4.78 is 1.09. The first-order chi connectivity index (χ1) is 8.60. The number of nitrogens with one attached hydrogen (secondary N) is 1. The van der Waals surface area contributed by atoms with Crippen molar-refractivity contribution >= 4 is 52.0 Å². The highest BCUT2D eigenvalue weighted by Crippen LogP contribution is 2.23. The van der Waals surface area contributed by atoms with Gasteiger partial charge in [0.05, 0.1) is 5.56 Å². The lowest BCUT2D eigenvalue weighted by Gasteiger charge is -2.09. The van der Waals surface area contributed by atoms with Crippen LogP contribution in [0.4, 0.5) is 11.5 Å². The number of aldehydes is 1. The van der Waals surface area contributed by atoms with Crippen LogP contribution in [-0.2, 0) is 0 Å². The third kappa shape index (κ3) is 2.97. The molecule has 0 spiro atoms. The number of rotatable bonds is 3. The molecule has 1 aromatic heterocycles. The first kappa shape index (κ1) is 13.2. The van der Waals surface area contributed by atoms with Crippen molar-refractivity contribution in [2.24, 2.45) is 0 Å². The van der Waals surface area contributed by atoms with E-state index in [-0.39, 0.29) is 10.7 Å². The van der Waals surface area contributed by atoms with Gasteiger partial charge in [-0.15, -0.1) is 0 Å². The second-order valence-corrected chi connectivity index (χ2v) is 5.18. The zero-order valence-electron chi connectivity index (χ0n) is 9.45. The zero-order chi connectivity index (χ0) is 13.1. The molecule has 2 aromatic rings. The maximum Gasteiger partial charge on any atom is 0.156 e. The Labute approximate surface area is 123 Å². The molecule has 18 heavy (non-hydrogen) atoms. The van der Waals surface area contributed by atoms with Crippen LogP contribution in [-0.4, -0.2) is 16.3 Å². The molecule has 92 valence electrons. The summed E-state index contributed by atoms with van der Waals surface area (Å²) >= 11 is 8.12. The summed E-state index contributed by atoms with van der Waals surface area (Å²) in [7, 11) is 0. The third-order valence-corrected chi connectivity index (χ3v) is 3.18. The van der Waals surface area contributed by atoms with Crippen molar-refractivity contribution in [2.75, 3.05) is 5.32 Å². The molecular weight excluding hydrogens is 365 g/mol. The molecule has 0 atom stereocenters. The third-order valence-electron chi connectivity index (χ3n) is 2.22. The van der Waals surface area contributed by atoms with E-state index >= 15 is 0 Å². The van der Waals surface area contributed by atoms with Crippen LogP contribution >= 0.6 is 34.2 Å². The summed E-state index contributed by atoms with van der Waals surface area (Å²) in [6.07, 6.45) is 0.651. The van der Waals surface area contributed by atoms with Gasteiger partial charge in [0.1, 0.15) is 16.8 Å². The molecule has 1 heterocycles. The Balaban J connectivity index is 2.42. The number of hydrogen-bond acceptors (Lipinski definition) is 4. The Morgan fingerprint density at radius 1 is 1.39 bits per heavy atom. The van der Waals surface area contributed by atoms with Crippen molar-refractivity contribution in [1.82, 2.24) is 9.97 Å². The molecular formula is C12H9ClIN3O.